The van der Waals surface area contributed by atoms with Crippen LogP contribution < -0.4 is 22.3 Å². The summed E-state index contributed by atoms with van der Waals surface area (Å²) in [5, 5.41) is 3.04. The molecule has 1 heterocycles. The van der Waals surface area contributed by atoms with Crippen molar-refractivity contribution >= 4 is 11.6 Å². The van der Waals surface area contributed by atoms with E-state index in [-0.39, 0.29) is 18.3 Å². The maximum Gasteiger partial charge on any atom is 0.224 e. The van der Waals surface area contributed by atoms with Gasteiger partial charge in [0.2, 0.25) is 11.6 Å². The van der Waals surface area contributed by atoms with Crippen LogP contribution in [-0.2, 0) is 11.8 Å². The third kappa shape index (κ3) is 14.5. The number of amides is 1. The lowest BCUT2D eigenvalue weighted by atomic mass is 10.0. The molecule has 1 aromatic heterocycles. The number of anilines is 1. The molecule has 0 aliphatic heterocycles. The number of hydrogen-bond donors (Lipinski definition) is 1. The van der Waals surface area contributed by atoms with Gasteiger partial charge in [-0.15, -0.1) is 0 Å². The molecular weight excluding hydrogens is 380 g/mol. The third-order valence-electron chi connectivity index (χ3n) is 5.77. The molecule has 0 saturated carbocycles. The smallest absolute Gasteiger partial charge is 0.224 e. The number of pyridine rings is 1. The van der Waals surface area contributed by atoms with Gasteiger partial charge in [-0.25, -0.2) is 4.57 Å². The molecule has 0 aromatic carbocycles. The van der Waals surface area contributed by atoms with Crippen LogP contribution in [0.4, 0.5) is 5.69 Å². The number of halogens is 1. The Labute approximate surface area is 186 Å². The van der Waals surface area contributed by atoms with Gasteiger partial charge in [-0.2, -0.15) is 0 Å². The molecule has 0 radical (unpaired) electrons. The lowest BCUT2D eigenvalue weighted by Crippen LogP contribution is -3.00. The Bertz CT molecular complexity index is 534. The zero-order valence-corrected chi connectivity index (χ0v) is 20.0. The summed E-state index contributed by atoms with van der Waals surface area (Å²) in [6, 6.07) is 3.94. The van der Waals surface area contributed by atoms with E-state index in [2.05, 4.69) is 12.2 Å². The van der Waals surface area contributed by atoms with E-state index in [1.54, 1.807) is 0 Å². The molecule has 0 atom stereocenters. The van der Waals surface area contributed by atoms with Crippen molar-refractivity contribution in [2.45, 2.75) is 117 Å². The van der Waals surface area contributed by atoms with Crippen molar-refractivity contribution in [3.05, 3.63) is 24.0 Å². The first-order valence-electron chi connectivity index (χ1n) is 11.9. The summed E-state index contributed by atoms with van der Waals surface area (Å²) in [6.45, 7) is 4.31. The minimum Gasteiger partial charge on any atom is -1.00 e. The predicted molar refractivity (Wildman–Crippen MR) is 121 cm³/mol. The van der Waals surface area contributed by atoms with Gasteiger partial charge in [0.1, 0.15) is 12.7 Å². The largest absolute Gasteiger partial charge is 1.00 e. The SMILES string of the molecule is CCCCCCCCCCCCCCCCCC(=O)Nc1ccc[n+](C)c1C.[Cl-]. The van der Waals surface area contributed by atoms with Gasteiger partial charge >= 0.3 is 0 Å². The number of carbonyl (C=O) groups excluding carboxylic acids is 1. The fourth-order valence-corrected chi connectivity index (χ4v) is 3.69. The lowest BCUT2D eigenvalue weighted by Gasteiger charge is -2.06. The lowest BCUT2D eigenvalue weighted by molar-refractivity contribution is -0.677. The van der Waals surface area contributed by atoms with E-state index < -0.39 is 0 Å². The molecule has 1 rings (SSSR count). The number of aryl methyl sites for hydroxylation is 1. The highest BCUT2D eigenvalue weighted by Gasteiger charge is 2.10. The average Bonchev–Trinajstić information content (AvgIpc) is 2.68. The molecule has 0 aliphatic carbocycles. The van der Waals surface area contributed by atoms with Crippen LogP contribution in [0.5, 0.6) is 0 Å². The van der Waals surface area contributed by atoms with Gasteiger partial charge in [-0.1, -0.05) is 96.8 Å². The topological polar surface area (TPSA) is 33.0 Å². The summed E-state index contributed by atoms with van der Waals surface area (Å²) >= 11 is 0. The minimum absolute atomic E-state index is 0. The van der Waals surface area contributed by atoms with Crippen LogP contribution in [0, 0.1) is 6.92 Å². The summed E-state index contributed by atoms with van der Waals surface area (Å²) in [5.74, 6) is 0.143. The second kappa shape index (κ2) is 18.9. The molecule has 168 valence electrons. The Morgan fingerprint density at radius 2 is 1.28 bits per heavy atom. The Morgan fingerprint density at radius 3 is 1.76 bits per heavy atom. The number of hydrogen-bond acceptors (Lipinski definition) is 1. The van der Waals surface area contributed by atoms with Gasteiger partial charge in [0.05, 0.1) is 0 Å². The average molecular weight is 425 g/mol. The third-order valence-corrected chi connectivity index (χ3v) is 5.77. The fraction of sp³-hybridized carbons (Fsp3) is 0.760. The molecule has 0 spiro atoms. The number of nitrogens with one attached hydrogen (secondary N) is 1. The summed E-state index contributed by atoms with van der Waals surface area (Å²) in [7, 11) is 2.00. The predicted octanol–water partition coefficient (Wildman–Crippen LogP) is 4.02. The molecule has 29 heavy (non-hydrogen) atoms. The maximum absolute atomic E-state index is 12.1. The Balaban J connectivity index is 0.00000784. The Morgan fingerprint density at radius 1 is 0.828 bits per heavy atom. The van der Waals surface area contributed by atoms with Crippen molar-refractivity contribution in [2.24, 2.45) is 7.05 Å². The van der Waals surface area contributed by atoms with Crippen molar-refractivity contribution in [1.29, 1.82) is 0 Å². The van der Waals surface area contributed by atoms with Crippen LogP contribution in [-0.4, -0.2) is 5.91 Å². The highest BCUT2D eigenvalue weighted by Crippen LogP contribution is 2.14. The van der Waals surface area contributed by atoms with E-state index in [0.717, 1.165) is 17.8 Å². The van der Waals surface area contributed by atoms with Crippen molar-refractivity contribution in [1.82, 2.24) is 0 Å². The van der Waals surface area contributed by atoms with Gasteiger partial charge < -0.3 is 17.7 Å². The summed E-state index contributed by atoms with van der Waals surface area (Å²) in [6.07, 6.45) is 22.9. The number of carbonyl (C=O) groups is 1. The Kier molecular flexibility index (Phi) is 18.2. The molecule has 4 heteroatoms. The van der Waals surface area contributed by atoms with Crippen molar-refractivity contribution in [3.63, 3.8) is 0 Å². The fourth-order valence-electron chi connectivity index (χ4n) is 3.69. The zero-order valence-electron chi connectivity index (χ0n) is 19.3. The van der Waals surface area contributed by atoms with Crippen LogP contribution in [0.15, 0.2) is 18.3 Å². The second-order valence-corrected chi connectivity index (χ2v) is 8.37. The molecule has 0 saturated heterocycles. The normalized spacial score (nSPS) is 10.6. The van der Waals surface area contributed by atoms with Gasteiger partial charge in [0, 0.05) is 19.4 Å². The molecule has 0 aliphatic rings. The van der Waals surface area contributed by atoms with Gasteiger partial charge in [-0.3, -0.25) is 4.79 Å². The van der Waals surface area contributed by atoms with Crippen LogP contribution in [0.25, 0.3) is 0 Å². The highest BCUT2D eigenvalue weighted by molar-refractivity contribution is 5.90. The standard InChI is InChI=1S/C25H44N2O.ClH/c1-4-5-6-7-8-9-10-11-12-13-14-15-16-17-18-21-25(28)26-24-20-19-22-27(3)23(24)2;/h19-20,22H,4-18,21H2,1-3H3;1H. The first kappa shape index (κ1) is 27.9. The second-order valence-electron chi connectivity index (χ2n) is 8.37. The quantitative estimate of drug-likeness (QED) is 0.297. The van der Waals surface area contributed by atoms with E-state index >= 15 is 0 Å². The van der Waals surface area contributed by atoms with Crippen molar-refractivity contribution in [3.8, 4) is 0 Å². The highest BCUT2D eigenvalue weighted by atomic mass is 35.5. The molecule has 0 unspecified atom stereocenters. The van der Waals surface area contributed by atoms with E-state index in [0.29, 0.717) is 6.42 Å². The zero-order chi connectivity index (χ0) is 20.5. The van der Waals surface area contributed by atoms with E-state index in [4.69, 9.17) is 0 Å². The number of nitrogens with zero attached hydrogens (tertiary/aromatic N) is 1. The molecule has 1 amide bonds. The van der Waals surface area contributed by atoms with Crippen LogP contribution in [0.1, 0.15) is 115 Å². The molecular formula is C25H45ClN2O. The maximum atomic E-state index is 12.1. The number of unbranched alkanes of at least 4 members (excludes halogenated alkanes) is 14. The van der Waals surface area contributed by atoms with Crippen molar-refractivity contribution in [2.75, 3.05) is 5.32 Å². The van der Waals surface area contributed by atoms with E-state index in [1.165, 1.54) is 89.9 Å². The van der Waals surface area contributed by atoms with Crippen LogP contribution in [0.3, 0.4) is 0 Å². The molecule has 3 nitrogen and oxygen atoms in total. The first-order chi connectivity index (χ1) is 13.6. The molecule has 1 aromatic rings. The number of aromatic nitrogens is 1. The van der Waals surface area contributed by atoms with Crippen LogP contribution in [0.2, 0.25) is 0 Å². The Hall–Kier alpha value is -1.09. The van der Waals surface area contributed by atoms with Gasteiger partial charge in [0.15, 0.2) is 6.20 Å². The first-order valence-corrected chi connectivity index (χ1v) is 11.9. The van der Waals surface area contributed by atoms with Gasteiger partial charge in [-0.05, 0) is 12.5 Å². The summed E-state index contributed by atoms with van der Waals surface area (Å²) in [5.41, 5.74) is 2.02. The van der Waals surface area contributed by atoms with E-state index in [1.807, 2.05) is 36.9 Å². The summed E-state index contributed by atoms with van der Waals surface area (Å²) < 4.78 is 2.03. The van der Waals surface area contributed by atoms with Gasteiger partial charge in [0.25, 0.3) is 0 Å². The van der Waals surface area contributed by atoms with Crippen LogP contribution >= 0.6 is 0 Å². The molecule has 0 bridgehead atoms. The summed E-state index contributed by atoms with van der Waals surface area (Å²) in [4.78, 5) is 12.1. The van der Waals surface area contributed by atoms with E-state index in [9.17, 15) is 4.79 Å². The number of rotatable bonds is 17. The molecule has 0 fully saturated rings. The van der Waals surface area contributed by atoms with Crippen molar-refractivity contribution < 1.29 is 21.8 Å². The molecule has 1 N–H and O–H groups in total. The monoisotopic (exact) mass is 424 g/mol. The minimum atomic E-state index is 0.